The molecule has 6 rings (SSSR count). The third-order valence-corrected chi connectivity index (χ3v) is 7.77. The van der Waals surface area contributed by atoms with E-state index in [9.17, 15) is 4.79 Å². The van der Waals surface area contributed by atoms with Crippen molar-refractivity contribution in [1.82, 2.24) is 4.90 Å². The van der Waals surface area contributed by atoms with Crippen molar-refractivity contribution in [3.8, 4) is 11.5 Å². The maximum atomic E-state index is 12.6. The average Bonchev–Trinajstić information content (AvgIpc) is 3.33. The summed E-state index contributed by atoms with van der Waals surface area (Å²) in [4.78, 5) is 15.0. The molecule has 2 saturated carbocycles. The zero-order valence-electron chi connectivity index (χ0n) is 17.5. The van der Waals surface area contributed by atoms with Gasteiger partial charge in [-0.1, -0.05) is 24.3 Å². The van der Waals surface area contributed by atoms with Crippen LogP contribution in [0.1, 0.15) is 40.7 Å². The van der Waals surface area contributed by atoms with Gasteiger partial charge in [-0.25, -0.2) is 4.79 Å². The summed E-state index contributed by atoms with van der Waals surface area (Å²) in [5.74, 6) is 2.41. The molecule has 5 nitrogen and oxygen atoms in total. The Bertz CT molecular complexity index is 1010. The number of carbonyl (C=O) groups excluding carboxylic acids is 1. The number of fused-ring (bicyclic) bond motifs is 1. The van der Waals surface area contributed by atoms with Crippen LogP contribution < -0.4 is 9.47 Å². The van der Waals surface area contributed by atoms with Crippen LogP contribution in [0.25, 0.3) is 0 Å². The minimum atomic E-state index is -0.207. The zero-order valence-corrected chi connectivity index (χ0v) is 17.5. The van der Waals surface area contributed by atoms with E-state index in [1.807, 2.05) is 36.4 Å². The van der Waals surface area contributed by atoms with Crippen molar-refractivity contribution in [3.63, 3.8) is 0 Å². The first kappa shape index (κ1) is 18.3. The molecule has 2 heterocycles. The SMILES string of the molecule is COc1ccc2c3c1O[C@H]1C[C@@H]4C(C[C@@]31CCN(C)C2)C4OC(=O)c1ccccc1. The van der Waals surface area contributed by atoms with Crippen LogP contribution in [0.2, 0.25) is 0 Å². The molecule has 2 aliphatic carbocycles. The predicted molar refractivity (Wildman–Crippen MR) is 112 cm³/mol. The summed E-state index contributed by atoms with van der Waals surface area (Å²) in [5.41, 5.74) is 3.34. The summed E-state index contributed by atoms with van der Waals surface area (Å²) in [6.07, 6.45) is 3.19. The maximum Gasteiger partial charge on any atom is 0.338 e. The highest BCUT2D eigenvalue weighted by atomic mass is 16.6. The Hall–Kier alpha value is -2.53. The molecule has 0 bridgehead atoms. The van der Waals surface area contributed by atoms with Crippen LogP contribution in [0.5, 0.6) is 11.5 Å². The molecule has 156 valence electrons. The number of nitrogens with zero attached hydrogens (tertiary/aromatic N) is 1. The summed E-state index contributed by atoms with van der Waals surface area (Å²) in [6.45, 7) is 1.98. The molecule has 0 saturated heterocycles. The summed E-state index contributed by atoms with van der Waals surface area (Å²) < 4.78 is 18.2. The van der Waals surface area contributed by atoms with Gasteiger partial charge in [-0.05, 0) is 56.6 Å². The normalized spacial score (nSPS) is 33.4. The minimum absolute atomic E-state index is 0.000955. The quantitative estimate of drug-likeness (QED) is 0.727. The Kier molecular flexibility index (Phi) is 3.94. The van der Waals surface area contributed by atoms with E-state index in [0.717, 1.165) is 43.9 Å². The fraction of sp³-hybridized carbons (Fsp3) is 0.480. The molecular weight excluding hydrogens is 378 g/mol. The van der Waals surface area contributed by atoms with E-state index in [1.54, 1.807) is 7.11 Å². The van der Waals surface area contributed by atoms with Crippen LogP contribution in [0.3, 0.4) is 0 Å². The summed E-state index contributed by atoms with van der Waals surface area (Å²) >= 11 is 0. The third kappa shape index (κ3) is 2.54. The predicted octanol–water partition coefficient (Wildman–Crippen LogP) is 3.79. The monoisotopic (exact) mass is 405 g/mol. The van der Waals surface area contributed by atoms with Crippen LogP contribution >= 0.6 is 0 Å². The van der Waals surface area contributed by atoms with E-state index in [1.165, 1.54) is 11.1 Å². The van der Waals surface area contributed by atoms with E-state index in [0.29, 0.717) is 17.4 Å². The van der Waals surface area contributed by atoms with Gasteiger partial charge < -0.3 is 19.1 Å². The Labute approximate surface area is 176 Å². The van der Waals surface area contributed by atoms with Gasteiger partial charge in [0.25, 0.3) is 0 Å². The van der Waals surface area contributed by atoms with Crippen molar-refractivity contribution >= 4 is 5.97 Å². The first-order chi connectivity index (χ1) is 14.6. The molecule has 2 unspecified atom stereocenters. The maximum absolute atomic E-state index is 12.6. The van der Waals surface area contributed by atoms with Crippen molar-refractivity contribution in [2.45, 2.75) is 43.4 Å². The van der Waals surface area contributed by atoms with Gasteiger partial charge in [-0.15, -0.1) is 0 Å². The lowest BCUT2D eigenvalue weighted by Crippen LogP contribution is -2.43. The topological polar surface area (TPSA) is 48.0 Å². The second kappa shape index (κ2) is 6.48. The molecule has 0 N–H and O–H groups in total. The highest BCUT2D eigenvalue weighted by Crippen LogP contribution is 2.65. The fourth-order valence-corrected chi connectivity index (χ4v) is 6.23. The van der Waals surface area contributed by atoms with E-state index < -0.39 is 0 Å². The van der Waals surface area contributed by atoms with E-state index in [-0.39, 0.29) is 23.6 Å². The van der Waals surface area contributed by atoms with Gasteiger partial charge in [-0.3, -0.25) is 0 Å². The molecule has 1 spiro atoms. The van der Waals surface area contributed by atoms with Crippen molar-refractivity contribution in [2.75, 3.05) is 20.7 Å². The molecule has 2 fully saturated rings. The third-order valence-electron chi connectivity index (χ3n) is 7.77. The smallest absolute Gasteiger partial charge is 0.338 e. The first-order valence-corrected chi connectivity index (χ1v) is 10.9. The lowest BCUT2D eigenvalue weighted by Gasteiger charge is -2.37. The van der Waals surface area contributed by atoms with Crippen LogP contribution in [0.15, 0.2) is 42.5 Å². The minimum Gasteiger partial charge on any atom is -0.493 e. The molecule has 0 aromatic heterocycles. The molecule has 2 aliphatic heterocycles. The molecule has 30 heavy (non-hydrogen) atoms. The zero-order chi connectivity index (χ0) is 20.5. The van der Waals surface area contributed by atoms with Gasteiger partial charge in [0.05, 0.1) is 12.7 Å². The molecular formula is C25H27NO4. The van der Waals surface area contributed by atoms with E-state index in [2.05, 4.69) is 18.0 Å². The fourth-order valence-electron chi connectivity index (χ4n) is 6.23. The number of benzene rings is 2. The van der Waals surface area contributed by atoms with Crippen LogP contribution in [0.4, 0.5) is 0 Å². The number of hydrogen-bond donors (Lipinski definition) is 0. The highest BCUT2D eigenvalue weighted by Gasteiger charge is 2.66. The van der Waals surface area contributed by atoms with Crippen LogP contribution in [0, 0.1) is 11.8 Å². The van der Waals surface area contributed by atoms with Gasteiger partial charge in [0.1, 0.15) is 12.2 Å². The number of methoxy groups -OCH3 is 1. The molecule has 0 amide bonds. The number of esters is 1. The van der Waals surface area contributed by atoms with E-state index >= 15 is 0 Å². The Morgan fingerprint density at radius 3 is 2.80 bits per heavy atom. The second-order valence-electron chi connectivity index (χ2n) is 9.38. The van der Waals surface area contributed by atoms with Crippen molar-refractivity contribution < 1.29 is 19.0 Å². The molecule has 5 atom stereocenters. The molecule has 2 aromatic rings. The van der Waals surface area contributed by atoms with Gasteiger partial charge in [-0.2, -0.15) is 0 Å². The lowest BCUT2D eigenvalue weighted by atomic mass is 9.66. The van der Waals surface area contributed by atoms with Crippen molar-refractivity contribution in [1.29, 1.82) is 0 Å². The van der Waals surface area contributed by atoms with Crippen molar-refractivity contribution in [3.05, 3.63) is 59.2 Å². The van der Waals surface area contributed by atoms with Gasteiger partial charge in [0.15, 0.2) is 11.5 Å². The van der Waals surface area contributed by atoms with Gasteiger partial charge in [0, 0.05) is 29.4 Å². The number of hydrogen-bond acceptors (Lipinski definition) is 5. The molecule has 5 heteroatoms. The lowest BCUT2D eigenvalue weighted by molar-refractivity contribution is 0.0431. The largest absolute Gasteiger partial charge is 0.493 e. The van der Waals surface area contributed by atoms with Gasteiger partial charge in [0.2, 0.25) is 0 Å². The molecule has 4 aliphatic rings. The Morgan fingerprint density at radius 2 is 2.00 bits per heavy atom. The first-order valence-electron chi connectivity index (χ1n) is 10.9. The Balaban J connectivity index is 1.31. The molecule has 2 aromatic carbocycles. The van der Waals surface area contributed by atoms with Gasteiger partial charge >= 0.3 is 5.97 Å². The summed E-state index contributed by atoms with van der Waals surface area (Å²) in [5, 5.41) is 0. The van der Waals surface area contributed by atoms with Crippen LogP contribution in [-0.2, 0) is 16.7 Å². The highest BCUT2D eigenvalue weighted by molar-refractivity contribution is 5.89. The average molecular weight is 405 g/mol. The molecule has 0 radical (unpaired) electrons. The number of rotatable bonds is 3. The number of ether oxygens (including phenoxy) is 3. The van der Waals surface area contributed by atoms with Crippen LogP contribution in [-0.4, -0.2) is 43.8 Å². The van der Waals surface area contributed by atoms with Crippen molar-refractivity contribution in [2.24, 2.45) is 11.8 Å². The standard InChI is InChI=1S/C25H27NO4/c1-26-11-10-25-13-18-17(22(18)30-24(27)15-6-4-3-5-7-15)12-20(25)29-23-19(28-2)9-8-16(14-26)21(23)25/h3-9,17-18,20,22H,10-14H2,1-2H3/t17-,18?,20+,22?,25-/m1/s1. The Morgan fingerprint density at radius 1 is 1.17 bits per heavy atom. The summed E-state index contributed by atoms with van der Waals surface area (Å²) in [6, 6.07) is 13.6. The summed E-state index contributed by atoms with van der Waals surface area (Å²) in [7, 11) is 3.91. The number of carbonyl (C=O) groups is 1. The second-order valence-corrected chi connectivity index (χ2v) is 9.38. The van der Waals surface area contributed by atoms with E-state index in [4.69, 9.17) is 14.2 Å².